The number of allylic oxidation sites excluding steroid dienone is 1. The fourth-order valence-corrected chi connectivity index (χ4v) is 2.66. The van der Waals surface area contributed by atoms with Crippen molar-refractivity contribution >= 4 is 34.4 Å². The summed E-state index contributed by atoms with van der Waals surface area (Å²) in [7, 11) is 0. The predicted octanol–water partition coefficient (Wildman–Crippen LogP) is 6.90. The molecular weight excluding hydrogens is 361 g/mol. The number of benzene rings is 2. The van der Waals surface area contributed by atoms with Crippen molar-refractivity contribution < 1.29 is 4.39 Å². The first-order chi connectivity index (χ1) is 12.5. The van der Waals surface area contributed by atoms with Gasteiger partial charge in [0.1, 0.15) is 5.82 Å². The van der Waals surface area contributed by atoms with Crippen molar-refractivity contribution in [1.29, 1.82) is 0 Å². The fraction of sp³-hybridized carbons (Fsp3) is 0.273. The molecule has 0 bridgehead atoms. The molecule has 0 unspecified atom stereocenters. The molecule has 27 heavy (non-hydrogen) atoms. The summed E-state index contributed by atoms with van der Waals surface area (Å²) in [4.78, 5) is 0. The molecule has 2 aromatic rings. The number of halogens is 2. The number of rotatable bonds is 7. The average molecular weight is 388 g/mol. The van der Waals surface area contributed by atoms with Gasteiger partial charge in [-0.25, -0.2) is 4.39 Å². The third-order valence-electron chi connectivity index (χ3n) is 4.07. The summed E-state index contributed by atoms with van der Waals surface area (Å²) < 4.78 is 14.6. The zero-order valence-electron chi connectivity index (χ0n) is 16.1. The maximum atomic E-state index is 14.6. The van der Waals surface area contributed by atoms with E-state index in [1.165, 1.54) is 6.07 Å². The summed E-state index contributed by atoms with van der Waals surface area (Å²) in [6.45, 7) is 14.5. The Morgan fingerprint density at radius 2 is 1.81 bits per heavy atom. The van der Waals surface area contributed by atoms with Crippen LogP contribution in [0.5, 0.6) is 0 Å². The van der Waals surface area contributed by atoms with Gasteiger partial charge in [-0.3, -0.25) is 0 Å². The second-order valence-corrected chi connectivity index (χ2v) is 8.23. The van der Waals surface area contributed by atoms with E-state index >= 15 is 0 Å². The number of hydrogen-bond donors (Lipinski definition) is 3. The molecule has 2 rings (SSSR count). The van der Waals surface area contributed by atoms with E-state index in [1.54, 1.807) is 30.3 Å². The summed E-state index contributed by atoms with van der Waals surface area (Å²) in [5.74, 6) is -0.388. The van der Waals surface area contributed by atoms with Crippen LogP contribution in [0.1, 0.15) is 39.2 Å². The van der Waals surface area contributed by atoms with Gasteiger partial charge in [-0.15, -0.1) is 0 Å². The lowest BCUT2D eigenvalue weighted by atomic mass is 9.90. The quantitative estimate of drug-likeness (QED) is 0.453. The van der Waals surface area contributed by atoms with E-state index in [4.69, 9.17) is 17.3 Å². The summed E-state index contributed by atoms with van der Waals surface area (Å²) in [6, 6.07) is 9.97. The monoisotopic (exact) mass is 387 g/mol. The van der Waals surface area contributed by atoms with Crippen LogP contribution in [-0.2, 0) is 0 Å². The highest BCUT2D eigenvalue weighted by molar-refractivity contribution is 6.33. The highest BCUT2D eigenvalue weighted by Crippen LogP contribution is 2.29. The smallest absolute Gasteiger partial charge is 0.134 e. The van der Waals surface area contributed by atoms with E-state index in [0.717, 1.165) is 18.5 Å². The van der Waals surface area contributed by atoms with Crippen LogP contribution in [-0.4, -0.2) is 0 Å². The van der Waals surface area contributed by atoms with Gasteiger partial charge in [-0.1, -0.05) is 45.5 Å². The minimum atomic E-state index is -0.388. The molecule has 0 atom stereocenters. The lowest BCUT2D eigenvalue weighted by molar-refractivity contribution is 0.378. The molecule has 0 saturated heterocycles. The van der Waals surface area contributed by atoms with E-state index in [1.807, 2.05) is 0 Å². The third-order valence-corrected chi connectivity index (χ3v) is 4.40. The molecule has 0 aliphatic carbocycles. The Kier molecular flexibility index (Phi) is 6.55. The molecule has 0 spiro atoms. The summed E-state index contributed by atoms with van der Waals surface area (Å²) >= 11 is 6.14. The van der Waals surface area contributed by atoms with Crippen LogP contribution >= 0.6 is 11.6 Å². The largest absolute Gasteiger partial charge is 0.399 e. The Hall–Kier alpha value is -2.46. The van der Waals surface area contributed by atoms with Crippen LogP contribution in [0.2, 0.25) is 5.02 Å². The molecule has 0 aliphatic rings. The van der Waals surface area contributed by atoms with Gasteiger partial charge in [0.05, 0.1) is 10.7 Å². The van der Waals surface area contributed by atoms with E-state index in [2.05, 4.69) is 44.6 Å². The number of hydrogen-bond acceptors (Lipinski definition) is 3. The van der Waals surface area contributed by atoms with Crippen molar-refractivity contribution in [3.05, 3.63) is 71.7 Å². The van der Waals surface area contributed by atoms with Crippen molar-refractivity contribution in [2.75, 3.05) is 16.4 Å². The molecule has 0 radical (unpaired) electrons. The molecule has 0 aliphatic heterocycles. The molecule has 3 nitrogen and oxygen atoms in total. The van der Waals surface area contributed by atoms with Crippen LogP contribution in [0.4, 0.5) is 21.5 Å². The second kappa shape index (κ2) is 8.49. The van der Waals surface area contributed by atoms with Gasteiger partial charge >= 0.3 is 0 Å². The Morgan fingerprint density at radius 1 is 1.11 bits per heavy atom. The lowest BCUT2D eigenvalue weighted by Crippen LogP contribution is -2.08. The van der Waals surface area contributed by atoms with Gasteiger partial charge < -0.3 is 16.4 Å². The average Bonchev–Trinajstić information content (AvgIpc) is 2.56. The molecule has 0 saturated carbocycles. The predicted molar refractivity (Wildman–Crippen MR) is 116 cm³/mol. The summed E-state index contributed by atoms with van der Waals surface area (Å²) in [5.41, 5.74) is 9.42. The van der Waals surface area contributed by atoms with Crippen LogP contribution < -0.4 is 16.4 Å². The summed E-state index contributed by atoms with van der Waals surface area (Å²) in [5, 5.41) is 6.67. The van der Waals surface area contributed by atoms with Gasteiger partial charge in [0.2, 0.25) is 0 Å². The molecule has 0 aromatic heterocycles. The van der Waals surface area contributed by atoms with Gasteiger partial charge in [0, 0.05) is 28.3 Å². The van der Waals surface area contributed by atoms with Gasteiger partial charge in [-0.05, 0) is 54.7 Å². The molecule has 0 amide bonds. The molecule has 0 heterocycles. The topological polar surface area (TPSA) is 50.1 Å². The fourth-order valence-electron chi connectivity index (χ4n) is 2.50. The zero-order chi connectivity index (χ0) is 20.2. The SMILES string of the molecule is C=C(CCC(C)(C)C)Nc1ccc(C(=C)Nc2cc(N)ccc2Cl)c(F)c1. The molecule has 144 valence electrons. The Bertz CT molecular complexity index is 853. The second-order valence-electron chi connectivity index (χ2n) is 7.83. The van der Waals surface area contributed by atoms with Crippen molar-refractivity contribution in [3.8, 4) is 0 Å². The minimum absolute atomic E-state index is 0.227. The first kappa shape index (κ1) is 20.8. The van der Waals surface area contributed by atoms with E-state index in [9.17, 15) is 4.39 Å². The normalized spacial score (nSPS) is 11.1. The Balaban J connectivity index is 2.06. The molecular formula is C22H27ClFN3. The lowest BCUT2D eigenvalue weighted by Gasteiger charge is -2.19. The molecule has 5 heteroatoms. The highest BCUT2D eigenvalue weighted by Gasteiger charge is 2.12. The van der Waals surface area contributed by atoms with Gasteiger partial charge in [0.15, 0.2) is 0 Å². The first-order valence-corrected chi connectivity index (χ1v) is 9.18. The van der Waals surface area contributed by atoms with Gasteiger partial charge in [-0.2, -0.15) is 0 Å². The van der Waals surface area contributed by atoms with Gasteiger partial charge in [0.25, 0.3) is 0 Å². The highest BCUT2D eigenvalue weighted by atomic mass is 35.5. The Morgan fingerprint density at radius 3 is 2.44 bits per heavy atom. The van der Waals surface area contributed by atoms with E-state index < -0.39 is 0 Å². The van der Waals surface area contributed by atoms with Crippen LogP contribution in [0.15, 0.2) is 55.3 Å². The van der Waals surface area contributed by atoms with Crippen LogP contribution in [0.3, 0.4) is 0 Å². The maximum absolute atomic E-state index is 14.6. The van der Waals surface area contributed by atoms with Crippen LogP contribution in [0, 0.1) is 11.2 Å². The molecule has 0 fully saturated rings. The van der Waals surface area contributed by atoms with Crippen LogP contribution in [0.25, 0.3) is 5.70 Å². The molecule has 4 N–H and O–H groups in total. The number of nitrogens with one attached hydrogen (secondary N) is 2. The van der Waals surface area contributed by atoms with Crippen molar-refractivity contribution in [2.45, 2.75) is 33.6 Å². The number of nitrogen functional groups attached to an aromatic ring is 1. The number of nitrogens with two attached hydrogens (primary N) is 1. The number of anilines is 3. The molecule has 2 aromatic carbocycles. The van der Waals surface area contributed by atoms with Crippen molar-refractivity contribution in [3.63, 3.8) is 0 Å². The third kappa shape index (κ3) is 6.33. The Labute approximate surface area is 166 Å². The maximum Gasteiger partial charge on any atom is 0.134 e. The first-order valence-electron chi connectivity index (χ1n) is 8.81. The van der Waals surface area contributed by atoms with Crippen molar-refractivity contribution in [2.24, 2.45) is 5.41 Å². The standard InChI is InChI=1S/C22H27ClFN3/c1-14(10-11-22(3,4)5)26-17-7-8-18(20(24)13-17)15(2)27-21-12-16(25)6-9-19(21)23/h6-9,12-13,26-27H,1-2,10-11,25H2,3-5H3. The minimum Gasteiger partial charge on any atom is -0.399 e. The summed E-state index contributed by atoms with van der Waals surface area (Å²) in [6.07, 6.45) is 1.83. The van der Waals surface area contributed by atoms with E-state index in [-0.39, 0.29) is 11.2 Å². The zero-order valence-corrected chi connectivity index (χ0v) is 16.9. The van der Waals surface area contributed by atoms with E-state index in [0.29, 0.717) is 33.3 Å². The van der Waals surface area contributed by atoms with Crippen molar-refractivity contribution in [1.82, 2.24) is 0 Å².